The van der Waals surface area contributed by atoms with Crippen LogP contribution in [-0.4, -0.2) is 34.3 Å². The van der Waals surface area contributed by atoms with Gasteiger partial charge in [0, 0.05) is 36.6 Å². The Hall–Kier alpha value is -2.92. The fourth-order valence-electron chi connectivity index (χ4n) is 3.26. The van der Waals surface area contributed by atoms with Gasteiger partial charge in [-0.05, 0) is 37.5 Å². The van der Waals surface area contributed by atoms with Crippen molar-refractivity contribution in [3.63, 3.8) is 0 Å². The van der Waals surface area contributed by atoms with Crippen molar-refractivity contribution in [1.29, 1.82) is 0 Å². The van der Waals surface area contributed by atoms with E-state index in [4.69, 9.17) is 9.72 Å². The number of benzene rings is 2. The molecule has 0 saturated carbocycles. The van der Waals surface area contributed by atoms with Crippen molar-refractivity contribution in [1.82, 2.24) is 9.97 Å². The van der Waals surface area contributed by atoms with E-state index in [0.717, 1.165) is 48.4 Å². The average molecular weight is 361 g/mol. The maximum atomic E-state index is 9.60. The Bertz CT molecular complexity index is 902. The first-order chi connectivity index (χ1) is 13.2. The van der Waals surface area contributed by atoms with Crippen LogP contribution in [-0.2, 0) is 4.74 Å². The fraction of sp³-hybridized carbons (Fsp3) is 0.273. The van der Waals surface area contributed by atoms with Crippen LogP contribution in [0.2, 0.25) is 0 Å². The van der Waals surface area contributed by atoms with E-state index in [0.29, 0.717) is 12.0 Å². The molecule has 3 aromatic rings. The van der Waals surface area contributed by atoms with Crippen molar-refractivity contribution in [2.75, 3.05) is 18.5 Å². The van der Waals surface area contributed by atoms with Gasteiger partial charge in [0.1, 0.15) is 5.75 Å². The SMILES string of the molecule is Cc1ccc(-c2nc(NC3CCOCC3)ncc2-c2ccc(O)cc2)cc1. The molecule has 1 saturated heterocycles. The molecular formula is C22H23N3O2. The molecule has 5 nitrogen and oxygen atoms in total. The van der Waals surface area contributed by atoms with Gasteiger partial charge in [0.25, 0.3) is 0 Å². The zero-order valence-electron chi connectivity index (χ0n) is 15.4. The zero-order chi connectivity index (χ0) is 18.6. The highest BCUT2D eigenvalue weighted by Crippen LogP contribution is 2.32. The van der Waals surface area contributed by atoms with E-state index >= 15 is 0 Å². The van der Waals surface area contributed by atoms with Gasteiger partial charge in [0.2, 0.25) is 5.95 Å². The molecule has 1 aliphatic heterocycles. The van der Waals surface area contributed by atoms with E-state index in [9.17, 15) is 5.11 Å². The van der Waals surface area contributed by atoms with Gasteiger partial charge in [-0.25, -0.2) is 9.97 Å². The topological polar surface area (TPSA) is 67.3 Å². The molecule has 0 atom stereocenters. The molecule has 27 heavy (non-hydrogen) atoms. The first-order valence-corrected chi connectivity index (χ1v) is 9.27. The van der Waals surface area contributed by atoms with Crippen LogP contribution < -0.4 is 5.32 Å². The number of aromatic nitrogens is 2. The van der Waals surface area contributed by atoms with Gasteiger partial charge >= 0.3 is 0 Å². The fourth-order valence-corrected chi connectivity index (χ4v) is 3.26. The van der Waals surface area contributed by atoms with E-state index in [1.807, 2.05) is 18.3 Å². The summed E-state index contributed by atoms with van der Waals surface area (Å²) in [5, 5.41) is 13.0. The number of rotatable bonds is 4. The van der Waals surface area contributed by atoms with Crippen LogP contribution in [0.4, 0.5) is 5.95 Å². The van der Waals surface area contributed by atoms with Gasteiger partial charge in [-0.15, -0.1) is 0 Å². The summed E-state index contributed by atoms with van der Waals surface area (Å²) in [6, 6.07) is 15.8. The molecule has 0 unspecified atom stereocenters. The Morgan fingerprint density at radius 3 is 2.33 bits per heavy atom. The van der Waals surface area contributed by atoms with Gasteiger partial charge in [-0.2, -0.15) is 0 Å². The van der Waals surface area contributed by atoms with Crippen LogP contribution in [0.25, 0.3) is 22.4 Å². The summed E-state index contributed by atoms with van der Waals surface area (Å²) in [4.78, 5) is 9.39. The molecule has 0 spiro atoms. The monoisotopic (exact) mass is 361 g/mol. The lowest BCUT2D eigenvalue weighted by Gasteiger charge is -2.23. The molecule has 2 N–H and O–H groups in total. The quantitative estimate of drug-likeness (QED) is 0.720. The molecule has 0 amide bonds. The van der Waals surface area contributed by atoms with Gasteiger partial charge in [0.05, 0.1) is 5.69 Å². The first kappa shape index (κ1) is 17.5. The second-order valence-electron chi connectivity index (χ2n) is 6.90. The molecule has 1 fully saturated rings. The lowest BCUT2D eigenvalue weighted by atomic mass is 10.00. The van der Waals surface area contributed by atoms with Crippen LogP contribution in [0.3, 0.4) is 0 Å². The van der Waals surface area contributed by atoms with Gasteiger partial charge in [0.15, 0.2) is 0 Å². The Balaban J connectivity index is 1.73. The number of hydrogen-bond donors (Lipinski definition) is 2. The summed E-state index contributed by atoms with van der Waals surface area (Å²) < 4.78 is 5.43. The highest BCUT2D eigenvalue weighted by molar-refractivity contribution is 5.81. The predicted octanol–water partition coefficient (Wildman–Crippen LogP) is 4.42. The molecule has 2 aromatic carbocycles. The van der Waals surface area contributed by atoms with E-state index in [2.05, 4.69) is 41.5 Å². The number of aryl methyl sites for hydroxylation is 1. The number of phenols is 1. The van der Waals surface area contributed by atoms with Crippen LogP contribution in [0, 0.1) is 6.92 Å². The number of hydrogen-bond acceptors (Lipinski definition) is 5. The van der Waals surface area contributed by atoms with E-state index in [1.54, 1.807) is 12.1 Å². The number of nitrogens with one attached hydrogen (secondary N) is 1. The molecular weight excluding hydrogens is 338 g/mol. The largest absolute Gasteiger partial charge is 0.508 e. The maximum Gasteiger partial charge on any atom is 0.223 e. The molecule has 2 heterocycles. The van der Waals surface area contributed by atoms with Crippen molar-refractivity contribution in [2.45, 2.75) is 25.8 Å². The third-order valence-corrected chi connectivity index (χ3v) is 4.85. The number of nitrogens with zero attached hydrogens (tertiary/aromatic N) is 2. The summed E-state index contributed by atoms with van der Waals surface area (Å²) >= 11 is 0. The summed E-state index contributed by atoms with van der Waals surface area (Å²) in [5.41, 5.74) is 5.04. The minimum Gasteiger partial charge on any atom is -0.508 e. The Labute approximate surface area is 159 Å². The van der Waals surface area contributed by atoms with Crippen LogP contribution in [0.1, 0.15) is 18.4 Å². The number of ether oxygens (including phenoxy) is 1. The Morgan fingerprint density at radius 1 is 0.963 bits per heavy atom. The zero-order valence-corrected chi connectivity index (χ0v) is 15.4. The third-order valence-electron chi connectivity index (χ3n) is 4.85. The van der Waals surface area contributed by atoms with Crippen LogP contribution in [0.5, 0.6) is 5.75 Å². The number of phenolic OH excluding ortho intramolecular Hbond substituents is 1. The van der Waals surface area contributed by atoms with Gasteiger partial charge in [-0.1, -0.05) is 42.0 Å². The van der Waals surface area contributed by atoms with Crippen LogP contribution >= 0.6 is 0 Å². The maximum absolute atomic E-state index is 9.60. The summed E-state index contributed by atoms with van der Waals surface area (Å²) in [7, 11) is 0. The Morgan fingerprint density at radius 2 is 1.63 bits per heavy atom. The molecule has 0 radical (unpaired) electrons. The van der Waals surface area contributed by atoms with Gasteiger partial charge < -0.3 is 15.2 Å². The molecule has 0 aliphatic carbocycles. The number of aromatic hydroxyl groups is 1. The van der Waals surface area contributed by atoms with Crippen molar-refractivity contribution < 1.29 is 9.84 Å². The molecule has 1 aromatic heterocycles. The second kappa shape index (κ2) is 7.76. The summed E-state index contributed by atoms with van der Waals surface area (Å²) in [6.07, 6.45) is 3.78. The lowest BCUT2D eigenvalue weighted by molar-refractivity contribution is 0.0903. The summed E-state index contributed by atoms with van der Waals surface area (Å²) in [6.45, 7) is 3.62. The third kappa shape index (κ3) is 4.09. The van der Waals surface area contributed by atoms with Gasteiger partial charge in [-0.3, -0.25) is 0 Å². The average Bonchev–Trinajstić information content (AvgIpc) is 2.70. The normalized spacial score (nSPS) is 14.9. The predicted molar refractivity (Wildman–Crippen MR) is 107 cm³/mol. The first-order valence-electron chi connectivity index (χ1n) is 9.27. The molecule has 4 rings (SSSR count). The highest BCUT2D eigenvalue weighted by Gasteiger charge is 2.17. The smallest absolute Gasteiger partial charge is 0.223 e. The lowest BCUT2D eigenvalue weighted by Crippen LogP contribution is -2.28. The minimum atomic E-state index is 0.245. The standard InChI is InChI=1S/C22H23N3O2/c1-15-2-4-17(5-3-15)21-20(16-6-8-19(26)9-7-16)14-23-22(25-21)24-18-10-12-27-13-11-18/h2-9,14,18,26H,10-13H2,1H3,(H,23,24,25). The van der Waals surface area contributed by atoms with Crippen LogP contribution in [0.15, 0.2) is 54.7 Å². The van der Waals surface area contributed by atoms with Crippen molar-refractivity contribution in [2.24, 2.45) is 0 Å². The number of anilines is 1. The molecule has 5 heteroatoms. The molecule has 1 aliphatic rings. The van der Waals surface area contributed by atoms with E-state index in [-0.39, 0.29) is 5.75 Å². The van der Waals surface area contributed by atoms with Crippen molar-refractivity contribution >= 4 is 5.95 Å². The van der Waals surface area contributed by atoms with Crippen molar-refractivity contribution in [3.05, 3.63) is 60.3 Å². The van der Waals surface area contributed by atoms with Crippen molar-refractivity contribution in [3.8, 4) is 28.1 Å². The Kier molecular flexibility index (Phi) is 5.03. The van der Waals surface area contributed by atoms with E-state index in [1.165, 1.54) is 5.56 Å². The minimum absolute atomic E-state index is 0.245. The summed E-state index contributed by atoms with van der Waals surface area (Å²) in [5.74, 6) is 0.884. The molecule has 0 bridgehead atoms. The van der Waals surface area contributed by atoms with E-state index < -0.39 is 0 Å². The highest BCUT2D eigenvalue weighted by atomic mass is 16.5. The molecule has 138 valence electrons. The second-order valence-corrected chi connectivity index (χ2v) is 6.90.